The second-order valence-electron chi connectivity index (χ2n) is 3.97. The molecule has 17 heavy (non-hydrogen) atoms. The predicted octanol–water partition coefficient (Wildman–Crippen LogP) is 3.83. The molecule has 0 aliphatic rings. The van der Waals surface area contributed by atoms with E-state index >= 15 is 0 Å². The first-order valence-corrected chi connectivity index (χ1v) is 7.09. The third kappa shape index (κ3) is 5.09. The van der Waals surface area contributed by atoms with Crippen LogP contribution in [0.5, 0.6) is 0 Å². The SMILES string of the molecule is CCC(CCCl)CNC(=O)c1cccc(Br)c1. The molecular formula is C13H17BrClNO. The Balaban J connectivity index is 2.49. The van der Waals surface area contributed by atoms with E-state index in [2.05, 4.69) is 28.2 Å². The van der Waals surface area contributed by atoms with Gasteiger partial charge in [0, 0.05) is 22.5 Å². The second-order valence-corrected chi connectivity index (χ2v) is 5.27. The summed E-state index contributed by atoms with van der Waals surface area (Å²) in [5, 5.41) is 2.94. The number of carbonyl (C=O) groups excluding carboxylic acids is 1. The molecule has 0 aliphatic carbocycles. The summed E-state index contributed by atoms with van der Waals surface area (Å²) in [6.45, 7) is 2.80. The summed E-state index contributed by atoms with van der Waals surface area (Å²) in [7, 11) is 0. The summed E-state index contributed by atoms with van der Waals surface area (Å²) in [4.78, 5) is 11.9. The lowest BCUT2D eigenvalue weighted by atomic mass is 10.0. The first-order valence-electron chi connectivity index (χ1n) is 5.77. The van der Waals surface area contributed by atoms with E-state index in [1.54, 1.807) is 0 Å². The number of hydrogen-bond acceptors (Lipinski definition) is 1. The summed E-state index contributed by atoms with van der Waals surface area (Å²) in [5.74, 6) is 1.08. The van der Waals surface area contributed by atoms with Crippen molar-refractivity contribution in [2.24, 2.45) is 5.92 Å². The van der Waals surface area contributed by atoms with Crippen molar-refractivity contribution < 1.29 is 4.79 Å². The van der Waals surface area contributed by atoms with Crippen LogP contribution in [0, 0.1) is 5.92 Å². The average Bonchev–Trinajstić information content (AvgIpc) is 2.34. The molecule has 0 aromatic heterocycles. The monoisotopic (exact) mass is 317 g/mol. The lowest BCUT2D eigenvalue weighted by Crippen LogP contribution is -2.29. The van der Waals surface area contributed by atoms with Crippen LogP contribution < -0.4 is 5.32 Å². The standard InChI is InChI=1S/C13H17BrClNO/c1-2-10(6-7-15)9-16-13(17)11-4-3-5-12(14)8-11/h3-5,8,10H,2,6-7,9H2,1H3,(H,16,17). The van der Waals surface area contributed by atoms with Gasteiger partial charge in [0.15, 0.2) is 0 Å². The fraction of sp³-hybridized carbons (Fsp3) is 0.462. The van der Waals surface area contributed by atoms with E-state index in [9.17, 15) is 4.79 Å². The van der Waals surface area contributed by atoms with Crippen molar-refractivity contribution in [2.75, 3.05) is 12.4 Å². The molecule has 0 heterocycles. The van der Waals surface area contributed by atoms with E-state index in [0.717, 1.165) is 17.3 Å². The average molecular weight is 319 g/mol. The summed E-state index contributed by atoms with van der Waals surface area (Å²) in [6.07, 6.45) is 1.97. The molecule has 0 bridgehead atoms. The van der Waals surface area contributed by atoms with Crippen LogP contribution in [0.25, 0.3) is 0 Å². The van der Waals surface area contributed by atoms with Crippen LogP contribution in [-0.2, 0) is 0 Å². The molecule has 1 rings (SSSR count). The second kappa shape index (κ2) is 7.72. The Bertz CT molecular complexity index is 370. The Morgan fingerprint density at radius 1 is 1.53 bits per heavy atom. The maximum Gasteiger partial charge on any atom is 0.251 e. The largest absolute Gasteiger partial charge is 0.352 e. The molecule has 0 aliphatic heterocycles. The van der Waals surface area contributed by atoms with Gasteiger partial charge in [-0.3, -0.25) is 4.79 Å². The van der Waals surface area contributed by atoms with Gasteiger partial charge in [0.25, 0.3) is 5.91 Å². The van der Waals surface area contributed by atoms with Gasteiger partial charge < -0.3 is 5.32 Å². The maximum atomic E-state index is 11.9. The highest BCUT2D eigenvalue weighted by molar-refractivity contribution is 9.10. The minimum absolute atomic E-state index is 0.0284. The Hall–Kier alpha value is -0.540. The van der Waals surface area contributed by atoms with E-state index in [-0.39, 0.29) is 5.91 Å². The van der Waals surface area contributed by atoms with Crippen LogP contribution in [0.2, 0.25) is 0 Å². The van der Waals surface area contributed by atoms with Crippen LogP contribution in [-0.4, -0.2) is 18.3 Å². The number of hydrogen-bond donors (Lipinski definition) is 1. The molecule has 0 spiro atoms. The number of rotatable bonds is 6. The van der Waals surface area contributed by atoms with E-state index in [1.165, 1.54) is 0 Å². The number of carbonyl (C=O) groups is 1. The molecule has 2 nitrogen and oxygen atoms in total. The molecule has 0 saturated heterocycles. The molecule has 4 heteroatoms. The number of nitrogens with one attached hydrogen (secondary N) is 1. The van der Waals surface area contributed by atoms with Crippen LogP contribution in [0.3, 0.4) is 0 Å². The first-order chi connectivity index (χ1) is 8.17. The minimum Gasteiger partial charge on any atom is -0.352 e. The van der Waals surface area contributed by atoms with E-state index in [0.29, 0.717) is 23.9 Å². The van der Waals surface area contributed by atoms with Crippen molar-refractivity contribution in [3.8, 4) is 0 Å². The number of amides is 1. The van der Waals surface area contributed by atoms with Gasteiger partial charge in [-0.15, -0.1) is 11.6 Å². The highest BCUT2D eigenvalue weighted by Gasteiger charge is 2.09. The fourth-order valence-corrected chi connectivity index (χ4v) is 2.28. The zero-order valence-corrected chi connectivity index (χ0v) is 12.2. The third-order valence-electron chi connectivity index (χ3n) is 2.73. The van der Waals surface area contributed by atoms with Crippen LogP contribution >= 0.6 is 27.5 Å². The first kappa shape index (κ1) is 14.5. The normalized spacial score (nSPS) is 12.2. The lowest BCUT2D eigenvalue weighted by molar-refractivity contribution is 0.0946. The molecule has 0 radical (unpaired) electrons. The smallest absolute Gasteiger partial charge is 0.251 e. The van der Waals surface area contributed by atoms with Crippen molar-refractivity contribution >= 4 is 33.4 Å². The van der Waals surface area contributed by atoms with Gasteiger partial charge in [-0.2, -0.15) is 0 Å². The highest BCUT2D eigenvalue weighted by Crippen LogP contribution is 2.12. The molecule has 1 aromatic carbocycles. The van der Waals surface area contributed by atoms with E-state index < -0.39 is 0 Å². The molecular weight excluding hydrogens is 302 g/mol. The molecule has 1 amide bonds. The molecule has 1 aromatic rings. The van der Waals surface area contributed by atoms with Crippen LogP contribution in [0.1, 0.15) is 30.1 Å². The molecule has 94 valence electrons. The minimum atomic E-state index is -0.0284. The molecule has 0 saturated carbocycles. The highest BCUT2D eigenvalue weighted by atomic mass is 79.9. The number of benzene rings is 1. The summed E-state index contributed by atoms with van der Waals surface area (Å²) in [5.41, 5.74) is 0.681. The molecule has 1 N–H and O–H groups in total. The van der Waals surface area contributed by atoms with Crippen molar-refractivity contribution in [1.82, 2.24) is 5.32 Å². The predicted molar refractivity (Wildman–Crippen MR) is 75.6 cm³/mol. The number of halogens is 2. The topological polar surface area (TPSA) is 29.1 Å². The van der Waals surface area contributed by atoms with E-state index in [4.69, 9.17) is 11.6 Å². The Morgan fingerprint density at radius 2 is 2.29 bits per heavy atom. The molecule has 1 atom stereocenters. The van der Waals surface area contributed by atoms with Gasteiger partial charge in [0.2, 0.25) is 0 Å². The number of alkyl halides is 1. The van der Waals surface area contributed by atoms with Crippen LogP contribution in [0.15, 0.2) is 28.7 Å². The zero-order chi connectivity index (χ0) is 12.7. The van der Waals surface area contributed by atoms with Crippen LogP contribution in [0.4, 0.5) is 0 Å². The Labute approximate surface area is 116 Å². The zero-order valence-electron chi connectivity index (χ0n) is 9.88. The Morgan fingerprint density at radius 3 is 2.88 bits per heavy atom. The van der Waals surface area contributed by atoms with Gasteiger partial charge in [-0.25, -0.2) is 0 Å². The summed E-state index contributed by atoms with van der Waals surface area (Å²) >= 11 is 9.06. The van der Waals surface area contributed by atoms with Gasteiger partial charge in [-0.05, 0) is 30.5 Å². The van der Waals surface area contributed by atoms with Crippen molar-refractivity contribution in [3.05, 3.63) is 34.3 Å². The third-order valence-corrected chi connectivity index (χ3v) is 3.44. The molecule has 1 unspecified atom stereocenters. The van der Waals surface area contributed by atoms with Crippen molar-refractivity contribution in [1.29, 1.82) is 0 Å². The summed E-state index contributed by atoms with van der Waals surface area (Å²) in [6, 6.07) is 7.38. The van der Waals surface area contributed by atoms with Gasteiger partial charge >= 0.3 is 0 Å². The van der Waals surface area contributed by atoms with E-state index in [1.807, 2.05) is 24.3 Å². The molecule has 0 fully saturated rings. The van der Waals surface area contributed by atoms with Crippen molar-refractivity contribution in [2.45, 2.75) is 19.8 Å². The Kier molecular flexibility index (Phi) is 6.60. The quantitative estimate of drug-likeness (QED) is 0.793. The maximum absolute atomic E-state index is 11.9. The van der Waals surface area contributed by atoms with Crippen molar-refractivity contribution in [3.63, 3.8) is 0 Å². The lowest BCUT2D eigenvalue weighted by Gasteiger charge is -2.14. The van der Waals surface area contributed by atoms with Gasteiger partial charge in [-0.1, -0.05) is 35.3 Å². The van der Waals surface area contributed by atoms with Gasteiger partial charge in [0.05, 0.1) is 0 Å². The fourth-order valence-electron chi connectivity index (χ4n) is 1.57. The summed E-state index contributed by atoms with van der Waals surface area (Å²) < 4.78 is 0.915. The van der Waals surface area contributed by atoms with Gasteiger partial charge in [0.1, 0.15) is 0 Å².